The molecule has 0 amide bonds. The van der Waals surface area contributed by atoms with E-state index in [0.717, 1.165) is 0 Å². The highest BCUT2D eigenvalue weighted by Gasteiger charge is 2.22. The van der Waals surface area contributed by atoms with Crippen molar-refractivity contribution in [2.75, 3.05) is 0 Å². The fourth-order valence-electron chi connectivity index (χ4n) is 2.40. The summed E-state index contributed by atoms with van der Waals surface area (Å²) >= 11 is 0. The van der Waals surface area contributed by atoms with E-state index in [0.29, 0.717) is 12.1 Å². The van der Waals surface area contributed by atoms with Gasteiger partial charge in [0.1, 0.15) is 11.5 Å². The van der Waals surface area contributed by atoms with Crippen LogP contribution < -0.4 is 32.6 Å². The van der Waals surface area contributed by atoms with Crippen LogP contribution in [0, 0.1) is 0 Å². The average Bonchev–Trinajstić information content (AvgIpc) is 2.44. The van der Waals surface area contributed by atoms with Gasteiger partial charge in [-0.05, 0) is 0 Å². The Hall–Kier alpha value is -3.42. The molecule has 0 aliphatic carbocycles. The van der Waals surface area contributed by atoms with Crippen LogP contribution in [0.5, 0.6) is 11.5 Å². The Morgan fingerprint density at radius 2 is 0.818 bits per heavy atom. The Labute approximate surface area is 117 Å². The molecule has 2 N–H and O–H groups in total. The molecule has 22 heavy (non-hydrogen) atoms. The fourth-order valence-corrected chi connectivity index (χ4v) is 2.40. The smallest absolute Gasteiger partial charge is 0.237 e. The molecule has 0 atom stereocenters. The van der Waals surface area contributed by atoms with Crippen LogP contribution in [0.3, 0.4) is 0 Å². The van der Waals surface area contributed by atoms with Gasteiger partial charge >= 0.3 is 0 Å². The van der Waals surface area contributed by atoms with Gasteiger partial charge in [0.05, 0.1) is 21.5 Å². The van der Waals surface area contributed by atoms with Crippen molar-refractivity contribution in [2.45, 2.75) is 0 Å². The highest BCUT2D eigenvalue weighted by Crippen LogP contribution is 2.20. The van der Waals surface area contributed by atoms with Gasteiger partial charge in [-0.1, -0.05) is 0 Å². The summed E-state index contributed by atoms with van der Waals surface area (Å²) in [6.45, 7) is 0. The van der Waals surface area contributed by atoms with E-state index < -0.39 is 65.6 Å². The molecular weight excluding hydrogens is 296 g/mol. The first kappa shape index (κ1) is 13.6. The molecule has 0 unspecified atom stereocenters. The number of hydrogen-bond acceptors (Lipinski definition) is 8. The van der Waals surface area contributed by atoms with E-state index in [-0.39, 0.29) is 0 Å². The van der Waals surface area contributed by atoms with E-state index in [1.54, 1.807) is 0 Å². The van der Waals surface area contributed by atoms with Gasteiger partial charge in [0.25, 0.3) is 0 Å². The zero-order valence-electron chi connectivity index (χ0n) is 10.5. The van der Waals surface area contributed by atoms with Crippen molar-refractivity contribution in [2.24, 2.45) is 0 Å². The molecule has 0 heterocycles. The van der Waals surface area contributed by atoms with Gasteiger partial charge in [-0.3, -0.25) is 28.8 Å². The number of rotatable bonds is 0. The minimum atomic E-state index is -1.34. The van der Waals surface area contributed by atoms with Gasteiger partial charge in [0, 0.05) is 12.1 Å². The molecule has 3 aromatic rings. The molecule has 0 bridgehead atoms. The summed E-state index contributed by atoms with van der Waals surface area (Å²) in [5.41, 5.74) is -7.65. The second-order valence-corrected chi connectivity index (χ2v) is 4.60. The topological polar surface area (TPSA) is 143 Å². The molecule has 0 aliphatic heterocycles. The molecule has 0 aliphatic rings. The number of phenolic OH excluding ortho intramolecular Hbond substituents is 2. The molecule has 8 heteroatoms. The first-order chi connectivity index (χ1) is 10.3. The standard InChI is InChI=1S/C14H4O8/c15-3-1-5(17)11(19)9-7(3)13(21)10-8(14(9)22)4(16)2-6(18)12(10)20/h1-2,15-16H. The third kappa shape index (κ3) is 1.46. The quantitative estimate of drug-likeness (QED) is 0.354. The third-order valence-electron chi connectivity index (χ3n) is 3.36. The molecule has 0 spiro atoms. The molecule has 8 nitrogen and oxygen atoms in total. The highest BCUT2D eigenvalue weighted by atomic mass is 16.3. The second-order valence-electron chi connectivity index (χ2n) is 4.60. The maximum Gasteiger partial charge on any atom is 0.237 e. The predicted molar refractivity (Wildman–Crippen MR) is 76.0 cm³/mol. The van der Waals surface area contributed by atoms with Crippen molar-refractivity contribution < 1.29 is 10.2 Å². The Morgan fingerprint density at radius 3 is 1.14 bits per heavy atom. The van der Waals surface area contributed by atoms with Crippen LogP contribution in [0.15, 0.2) is 40.9 Å². The summed E-state index contributed by atoms with van der Waals surface area (Å²) in [6, 6.07) is 0.894. The Bertz CT molecular complexity index is 1190. The Balaban J connectivity index is 3.01. The first-order valence-electron chi connectivity index (χ1n) is 5.83. The lowest BCUT2D eigenvalue weighted by Crippen LogP contribution is -2.34. The number of hydrogen-bond donors (Lipinski definition) is 2. The van der Waals surface area contributed by atoms with Gasteiger partial charge in [0.2, 0.25) is 32.6 Å². The maximum absolute atomic E-state index is 12.3. The maximum atomic E-state index is 12.3. The summed E-state index contributed by atoms with van der Waals surface area (Å²) in [6.07, 6.45) is 0. The van der Waals surface area contributed by atoms with Gasteiger partial charge in [-0.2, -0.15) is 0 Å². The van der Waals surface area contributed by atoms with E-state index in [9.17, 15) is 39.0 Å². The van der Waals surface area contributed by atoms with Crippen LogP contribution in [0.2, 0.25) is 0 Å². The van der Waals surface area contributed by atoms with Crippen molar-refractivity contribution >= 4 is 21.5 Å². The average molecular weight is 300 g/mol. The predicted octanol–water partition coefficient (Wildman–Crippen LogP) is -2.12. The Morgan fingerprint density at radius 1 is 0.500 bits per heavy atom. The molecule has 0 saturated carbocycles. The zero-order valence-corrected chi connectivity index (χ0v) is 10.5. The third-order valence-corrected chi connectivity index (χ3v) is 3.36. The lowest BCUT2D eigenvalue weighted by molar-refractivity contribution is 0.479. The van der Waals surface area contributed by atoms with Crippen LogP contribution in [0.4, 0.5) is 0 Å². The van der Waals surface area contributed by atoms with Crippen LogP contribution >= 0.6 is 0 Å². The molecule has 0 aromatic heterocycles. The lowest BCUT2D eigenvalue weighted by atomic mass is 10.00. The van der Waals surface area contributed by atoms with Crippen molar-refractivity contribution in [1.82, 2.24) is 0 Å². The number of aromatic hydroxyl groups is 2. The second kappa shape index (κ2) is 4.04. The van der Waals surface area contributed by atoms with E-state index in [4.69, 9.17) is 0 Å². The number of phenols is 2. The zero-order chi connectivity index (χ0) is 16.3. The van der Waals surface area contributed by atoms with Gasteiger partial charge in [-0.15, -0.1) is 0 Å². The summed E-state index contributed by atoms with van der Waals surface area (Å²) < 4.78 is 0. The summed E-state index contributed by atoms with van der Waals surface area (Å²) in [7, 11) is 0. The largest absolute Gasteiger partial charge is 0.507 e. The normalized spacial score (nSPS) is 11.3. The molecule has 108 valence electrons. The van der Waals surface area contributed by atoms with E-state index in [2.05, 4.69) is 0 Å². The van der Waals surface area contributed by atoms with E-state index in [1.165, 1.54) is 0 Å². The molecule has 0 saturated heterocycles. The molecular formula is C14H4O8. The summed E-state index contributed by atoms with van der Waals surface area (Å²) in [5, 5.41) is 15.8. The van der Waals surface area contributed by atoms with Crippen molar-refractivity contribution in [3.8, 4) is 11.5 Å². The minimum absolute atomic E-state index is 0.447. The molecule has 0 fully saturated rings. The molecule has 3 aromatic carbocycles. The lowest BCUT2D eigenvalue weighted by Gasteiger charge is -2.02. The van der Waals surface area contributed by atoms with Crippen LogP contribution in [-0.4, -0.2) is 10.2 Å². The van der Waals surface area contributed by atoms with Crippen LogP contribution in [0.1, 0.15) is 0 Å². The van der Waals surface area contributed by atoms with E-state index in [1.807, 2.05) is 0 Å². The van der Waals surface area contributed by atoms with Crippen LogP contribution in [-0.2, 0) is 0 Å². The molecule has 3 rings (SSSR count). The van der Waals surface area contributed by atoms with Gasteiger partial charge in [-0.25, -0.2) is 0 Å². The molecule has 0 radical (unpaired) electrons. The Kier molecular flexibility index (Phi) is 2.49. The van der Waals surface area contributed by atoms with Crippen molar-refractivity contribution in [3.05, 3.63) is 73.5 Å². The minimum Gasteiger partial charge on any atom is -0.507 e. The van der Waals surface area contributed by atoms with Crippen molar-refractivity contribution in [1.29, 1.82) is 0 Å². The number of fused-ring (bicyclic) bond motifs is 2. The van der Waals surface area contributed by atoms with Gasteiger partial charge in [0.15, 0.2) is 0 Å². The van der Waals surface area contributed by atoms with Crippen molar-refractivity contribution in [3.63, 3.8) is 0 Å². The van der Waals surface area contributed by atoms with Crippen LogP contribution in [0.25, 0.3) is 21.5 Å². The SMILES string of the molecule is O=c1cc(O)c2c(=O)c3c(=O)c(=O)cc(O)c3c(=O)c2c1=O. The summed E-state index contributed by atoms with van der Waals surface area (Å²) in [5.74, 6) is -1.89. The first-order valence-corrected chi connectivity index (χ1v) is 5.83. The van der Waals surface area contributed by atoms with Gasteiger partial charge < -0.3 is 10.2 Å². The fraction of sp³-hybridized carbons (Fsp3) is 0. The summed E-state index contributed by atoms with van der Waals surface area (Å²) in [4.78, 5) is 70.8. The highest BCUT2D eigenvalue weighted by molar-refractivity contribution is 6.02. The van der Waals surface area contributed by atoms with E-state index >= 15 is 0 Å². The number of benzene rings is 3. The monoisotopic (exact) mass is 300 g/mol.